The first-order chi connectivity index (χ1) is 19.7. The average molecular weight is 566 g/mol. The highest BCUT2D eigenvalue weighted by Gasteiger charge is 2.47. The number of aromatic nitrogens is 1. The molecular formula is C31H43N5O5. The summed E-state index contributed by atoms with van der Waals surface area (Å²) in [5, 5.41) is 5.92. The molecule has 1 aromatic carbocycles. The van der Waals surface area contributed by atoms with Crippen LogP contribution in [0.2, 0.25) is 0 Å². The van der Waals surface area contributed by atoms with Crippen molar-refractivity contribution in [3.8, 4) is 0 Å². The lowest BCUT2D eigenvalue weighted by Crippen LogP contribution is -2.38. The second-order valence-electron chi connectivity index (χ2n) is 12.4. The number of aryl methyl sites for hydroxylation is 1. The third-order valence-corrected chi connectivity index (χ3v) is 8.21. The fourth-order valence-corrected chi connectivity index (χ4v) is 6.03. The maximum atomic E-state index is 13.2. The summed E-state index contributed by atoms with van der Waals surface area (Å²) < 4.78 is 11.0. The Morgan fingerprint density at radius 2 is 1.88 bits per heavy atom. The van der Waals surface area contributed by atoms with Gasteiger partial charge in [0.1, 0.15) is 29.5 Å². The van der Waals surface area contributed by atoms with Crippen LogP contribution in [0, 0.1) is 5.92 Å². The number of hydrogen-bond donors (Lipinski definition) is 0. The van der Waals surface area contributed by atoms with Crippen molar-refractivity contribution in [2.45, 2.75) is 96.9 Å². The molecule has 0 N–H and O–H groups in total. The van der Waals surface area contributed by atoms with Crippen molar-refractivity contribution in [2.24, 2.45) is 10.9 Å². The quantitative estimate of drug-likeness (QED) is 0.280. The van der Waals surface area contributed by atoms with Gasteiger partial charge in [0, 0.05) is 32.1 Å². The maximum Gasteiger partial charge on any atom is 0.435 e. The largest absolute Gasteiger partial charge is 0.442 e. The average Bonchev–Trinajstić information content (AvgIpc) is 3.50. The van der Waals surface area contributed by atoms with Crippen LogP contribution in [-0.2, 0) is 22.6 Å². The fourth-order valence-electron chi connectivity index (χ4n) is 6.03. The van der Waals surface area contributed by atoms with Gasteiger partial charge >= 0.3 is 12.1 Å². The number of aliphatic imine (C=N–C) groups is 1. The first-order valence-corrected chi connectivity index (χ1v) is 14.9. The van der Waals surface area contributed by atoms with Gasteiger partial charge in [0.15, 0.2) is 0 Å². The Morgan fingerprint density at radius 3 is 2.61 bits per heavy atom. The van der Waals surface area contributed by atoms with Crippen LogP contribution in [0.1, 0.15) is 89.3 Å². The molecule has 3 fully saturated rings. The first-order valence-electron chi connectivity index (χ1n) is 14.9. The van der Waals surface area contributed by atoms with Gasteiger partial charge in [0.25, 0.3) is 0 Å². The molecule has 5 rings (SSSR count). The highest BCUT2D eigenvalue weighted by molar-refractivity contribution is 5.90. The van der Waals surface area contributed by atoms with E-state index in [9.17, 15) is 9.59 Å². The zero-order valence-corrected chi connectivity index (χ0v) is 24.8. The highest BCUT2D eigenvalue weighted by atomic mass is 16.7. The molecule has 2 aromatic rings. The van der Waals surface area contributed by atoms with Crippen molar-refractivity contribution < 1.29 is 23.7 Å². The Morgan fingerprint density at radius 1 is 1.12 bits per heavy atom. The van der Waals surface area contributed by atoms with Gasteiger partial charge in [-0.1, -0.05) is 35.5 Å². The number of nitrogens with zero attached hydrogens (tertiary/aromatic N) is 5. The SMILES string of the molecule is C/C(=N\C(=O)OC(C)(C)C)N1CCC(CCCc2cc([C@@H]3CC[C@@H]4CN3C(=O)N4OCc3ccccc3)no2)CC1. The third-order valence-electron chi connectivity index (χ3n) is 8.21. The van der Waals surface area contributed by atoms with Gasteiger partial charge in [-0.05, 0) is 77.7 Å². The lowest BCUT2D eigenvalue weighted by atomic mass is 9.91. The Kier molecular flexibility index (Phi) is 8.97. The standard InChI is InChI=1S/C31H43N5O5/c1-22(32-29(37)40-31(2,3)4)34-17-15-23(16-18-34)11-8-12-26-19-27(33-41-26)28-14-13-25-20-35(28)30(38)36(25)39-21-24-9-6-5-7-10-24/h5-7,9-10,19,23,25,28H,8,11-18,20-21H2,1-4H3/b32-22+/t25-,28+/m1/s1. The number of benzene rings is 1. The summed E-state index contributed by atoms with van der Waals surface area (Å²) in [5.74, 6) is 2.24. The van der Waals surface area contributed by atoms with Gasteiger partial charge in [-0.2, -0.15) is 10.1 Å². The predicted octanol–water partition coefficient (Wildman–Crippen LogP) is 6.14. The van der Waals surface area contributed by atoms with Crippen LogP contribution in [0.25, 0.3) is 0 Å². The van der Waals surface area contributed by atoms with Gasteiger partial charge in [-0.3, -0.25) is 4.84 Å². The number of urea groups is 1. The zero-order valence-electron chi connectivity index (χ0n) is 24.8. The number of carbonyl (C=O) groups is 2. The molecule has 2 atom stereocenters. The molecule has 222 valence electrons. The molecule has 0 radical (unpaired) electrons. The number of ether oxygens (including phenoxy) is 1. The Labute approximate surface area is 242 Å². The van der Waals surface area contributed by atoms with Gasteiger partial charge in [0.2, 0.25) is 0 Å². The van der Waals surface area contributed by atoms with E-state index in [0.29, 0.717) is 19.1 Å². The van der Waals surface area contributed by atoms with Crippen LogP contribution >= 0.6 is 0 Å². The van der Waals surface area contributed by atoms with E-state index in [1.165, 1.54) is 0 Å². The van der Waals surface area contributed by atoms with E-state index in [-0.39, 0.29) is 18.1 Å². The van der Waals surface area contributed by atoms with Crippen molar-refractivity contribution in [1.29, 1.82) is 0 Å². The molecule has 41 heavy (non-hydrogen) atoms. The van der Waals surface area contributed by atoms with Gasteiger partial charge in [0.05, 0.1) is 12.1 Å². The van der Waals surface area contributed by atoms with E-state index in [1.807, 2.05) is 69.0 Å². The van der Waals surface area contributed by atoms with Crippen molar-refractivity contribution in [1.82, 2.24) is 20.0 Å². The molecule has 3 amide bonds. The molecule has 10 heteroatoms. The summed E-state index contributed by atoms with van der Waals surface area (Å²) in [7, 11) is 0. The normalized spacial score (nSPS) is 22.0. The molecule has 4 heterocycles. The second-order valence-corrected chi connectivity index (χ2v) is 12.4. The zero-order chi connectivity index (χ0) is 29.0. The lowest BCUT2D eigenvalue weighted by molar-refractivity contribution is -0.140. The molecule has 2 bridgehead atoms. The fraction of sp³-hybridized carbons (Fsp3) is 0.613. The molecule has 0 spiro atoms. The van der Waals surface area contributed by atoms with Crippen molar-refractivity contribution in [3.63, 3.8) is 0 Å². The number of likely N-dealkylation sites (tertiary alicyclic amines) is 1. The molecular weight excluding hydrogens is 522 g/mol. The minimum absolute atomic E-state index is 0.0727. The van der Waals surface area contributed by atoms with E-state index in [2.05, 4.69) is 15.0 Å². The van der Waals surface area contributed by atoms with Crippen LogP contribution in [0.3, 0.4) is 0 Å². The van der Waals surface area contributed by atoms with E-state index in [1.54, 1.807) is 5.06 Å². The van der Waals surface area contributed by atoms with Crippen LogP contribution in [0.4, 0.5) is 9.59 Å². The summed E-state index contributed by atoms with van der Waals surface area (Å²) in [6.07, 6.45) is 6.34. The van der Waals surface area contributed by atoms with Gasteiger partial charge < -0.3 is 19.1 Å². The van der Waals surface area contributed by atoms with E-state index < -0.39 is 11.7 Å². The molecule has 1 aromatic heterocycles. The van der Waals surface area contributed by atoms with Crippen molar-refractivity contribution in [3.05, 3.63) is 53.4 Å². The van der Waals surface area contributed by atoms with Crippen molar-refractivity contribution in [2.75, 3.05) is 19.6 Å². The number of hydroxylamine groups is 2. The van der Waals surface area contributed by atoms with Gasteiger partial charge in [-0.15, -0.1) is 0 Å². The summed E-state index contributed by atoms with van der Waals surface area (Å²) in [6, 6.07) is 11.9. The van der Waals surface area contributed by atoms with E-state index in [4.69, 9.17) is 14.1 Å². The minimum atomic E-state index is -0.540. The minimum Gasteiger partial charge on any atom is -0.442 e. The maximum absolute atomic E-state index is 13.2. The number of hydrogen-bond acceptors (Lipinski definition) is 6. The molecule has 0 saturated carbocycles. The van der Waals surface area contributed by atoms with Crippen LogP contribution in [-0.4, -0.2) is 69.3 Å². The Bertz CT molecular complexity index is 1210. The van der Waals surface area contributed by atoms with Crippen LogP contribution < -0.4 is 0 Å². The second kappa shape index (κ2) is 12.6. The number of carbonyl (C=O) groups excluding carboxylic acids is 2. The van der Waals surface area contributed by atoms with Crippen molar-refractivity contribution >= 4 is 18.0 Å². The summed E-state index contributed by atoms with van der Waals surface area (Å²) in [6.45, 7) is 10.2. The first kappa shape index (κ1) is 29.1. The number of fused-ring (bicyclic) bond motifs is 2. The lowest BCUT2D eigenvalue weighted by Gasteiger charge is -2.33. The monoisotopic (exact) mass is 565 g/mol. The topological polar surface area (TPSA) is 101 Å². The number of rotatable bonds is 8. The highest BCUT2D eigenvalue weighted by Crippen LogP contribution is 2.38. The van der Waals surface area contributed by atoms with Crippen LogP contribution in [0.5, 0.6) is 0 Å². The molecule has 3 saturated heterocycles. The summed E-state index contributed by atoms with van der Waals surface area (Å²) >= 11 is 0. The summed E-state index contributed by atoms with van der Waals surface area (Å²) in [4.78, 5) is 39.3. The summed E-state index contributed by atoms with van der Waals surface area (Å²) in [5.41, 5.74) is 1.34. The van der Waals surface area contributed by atoms with Gasteiger partial charge in [-0.25, -0.2) is 9.59 Å². The number of amides is 3. The smallest absolute Gasteiger partial charge is 0.435 e. The number of amidine groups is 1. The molecule has 0 unspecified atom stereocenters. The van der Waals surface area contributed by atoms with Crippen LogP contribution in [0.15, 0.2) is 45.9 Å². The Hall–Kier alpha value is -3.40. The molecule has 3 aliphatic rings. The predicted molar refractivity (Wildman–Crippen MR) is 154 cm³/mol. The van der Waals surface area contributed by atoms with E-state index in [0.717, 1.165) is 80.9 Å². The van der Waals surface area contributed by atoms with E-state index >= 15 is 0 Å². The number of piperidine rings is 2. The third kappa shape index (κ3) is 7.47. The Balaban J connectivity index is 1.05. The molecule has 3 aliphatic heterocycles. The molecule has 10 nitrogen and oxygen atoms in total. The molecule has 0 aliphatic carbocycles.